The molecule has 0 spiro atoms. The lowest BCUT2D eigenvalue weighted by Gasteiger charge is -2.17. The zero-order valence-electron chi connectivity index (χ0n) is 9.48. The summed E-state index contributed by atoms with van der Waals surface area (Å²) in [4.78, 5) is 27.3. The molecule has 0 aliphatic heterocycles. The van der Waals surface area contributed by atoms with E-state index in [2.05, 4.69) is 20.9 Å². The number of anilines is 1. The second-order valence-electron chi connectivity index (χ2n) is 3.75. The minimum atomic E-state index is -0.671. The Morgan fingerprint density at radius 3 is 2.59 bits per heavy atom. The van der Waals surface area contributed by atoms with Crippen LogP contribution in [0.15, 0.2) is 16.7 Å². The molecule has 0 unspecified atom stereocenters. The number of rotatable bonds is 2. The topological polar surface area (TPSA) is 102 Å². The lowest BCUT2D eigenvalue weighted by molar-refractivity contribution is -0.132. The molecule has 0 aromatic carbocycles. The van der Waals surface area contributed by atoms with Crippen LogP contribution in [0.5, 0.6) is 0 Å². The van der Waals surface area contributed by atoms with Gasteiger partial charge in [-0.05, 0) is 22.0 Å². The number of halogens is 1. The number of aromatic nitrogens is 1. The third-order valence-electron chi connectivity index (χ3n) is 2.07. The molecule has 4 N–H and O–H groups in total. The van der Waals surface area contributed by atoms with E-state index in [0.29, 0.717) is 9.48 Å². The predicted molar refractivity (Wildman–Crippen MR) is 66.6 cm³/mol. The van der Waals surface area contributed by atoms with Gasteiger partial charge in [-0.1, -0.05) is 13.8 Å². The van der Waals surface area contributed by atoms with Crippen LogP contribution in [0, 0.1) is 5.92 Å². The van der Waals surface area contributed by atoms with Crippen molar-refractivity contribution in [2.24, 2.45) is 11.8 Å². The summed E-state index contributed by atoms with van der Waals surface area (Å²) < 4.78 is 0.584. The van der Waals surface area contributed by atoms with Crippen molar-refractivity contribution in [3.05, 3.63) is 22.3 Å². The van der Waals surface area contributed by atoms with E-state index in [9.17, 15) is 9.59 Å². The third kappa shape index (κ3) is 3.01. The monoisotopic (exact) mass is 300 g/mol. The maximum atomic E-state index is 11.9. The molecule has 0 aliphatic rings. The van der Waals surface area contributed by atoms with Gasteiger partial charge in [0.2, 0.25) is 5.91 Å². The zero-order chi connectivity index (χ0) is 13.2. The molecule has 92 valence electrons. The molecule has 0 fully saturated rings. The normalized spacial score (nSPS) is 10.4. The van der Waals surface area contributed by atoms with Gasteiger partial charge in [-0.15, -0.1) is 0 Å². The van der Waals surface area contributed by atoms with Crippen molar-refractivity contribution in [2.75, 3.05) is 5.73 Å². The van der Waals surface area contributed by atoms with Gasteiger partial charge in [-0.3, -0.25) is 9.59 Å². The van der Waals surface area contributed by atoms with Crippen LogP contribution >= 0.6 is 15.9 Å². The van der Waals surface area contributed by atoms with Crippen molar-refractivity contribution in [2.45, 2.75) is 13.8 Å². The molecule has 6 nitrogen and oxygen atoms in total. The first-order valence-electron chi connectivity index (χ1n) is 4.88. The molecule has 0 atom stereocenters. The highest BCUT2D eigenvalue weighted by Gasteiger charge is 2.24. The Balaban J connectivity index is 3.04. The fourth-order valence-electron chi connectivity index (χ4n) is 1.13. The summed E-state index contributed by atoms with van der Waals surface area (Å²) in [6.07, 6.45) is 1.46. The van der Waals surface area contributed by atoms with Gasteiger partial charge in [0.15, 0.2) is 0 Å². The molecule has 0 saturated heterocycles. The van der Waals surface area contributed by atoms with Gasteiger partial charge < -0.3 is 5.73 Å². The summed E-state index contributed by atoms with van der Waals surface area (Å²) in [6, 6.07) is 1.47. The van der Waals surface area contributed by atoms with Gasteiger partial charge in [-0.2, -0.15) is 0 Å². The molecular formula is C10H13BrN4O2. The Labute approximate surface area is 107 Å². The van der Waals surface area contributed by atoms with E-state index >= 15 is 0 Å². The highest BCUT2D eigenvalue weighted by atomic mass is 79.9. The van der Waals surface area contributed by atoms with Crippen molar-refractivity contribution >= 4 is 33.6 Å². The molecule has 0 aliphatic carbocycles. The predicted octanol–water partition coefficient (Wildman–Crippen LogP) is 0.925. The van der Waals surface area contributed by atoms with E-state index in [1.165, 1.54) is 12.3 Å². The third-order valence-corrected chi connectivity index (χ3v) is 2.50. The maximum Gasteiger partial charge on any atom is 0.278 e. The van der Waals surface area contributed by atoms with Gasteiger partial charge >= 0.3 is 0 Å². The van der Waals surface area contributed by atoms with Crippen LogP contribution in [-0.2, 0) is 4.79 Å². The number of carbonyl (C=O) groups is 2. The van der Waals surface area contributed by atoms with Gasteiger partial charge in [0, 0.05) is 16.6 Å². The smallest absolute Gasteiger partial charge is 0.278 e. The summed E-state index contributed by atoms with van der Waals surface area (Å²) in [5.41, 5.74) is 5.65. The van der Waals surface area contributed by atoms with Crippen molar-refractivity contribution < 1.29 is 9.59 Å². The van der Waals surface area contributed by atoms with Crippen molar-refractivity contribution in [3.8, 4) is 0 Å². The average molecular weight is 301 g/mol. The SMILES string of the molecule is CC(C)C(=O)N(N)C(=O)c1cc(Br)cnc1N. The molecule has 0 bridgehead atoms. The minimum absolute atomic E-state index is 0.0326. The molecule has 2 amide bonds. The lowest BCUT2D eigenvalue weighted by Crippen LogP contribution is -2.45. The van der Waals surface area contributed by atoms with Gasteiger partial charge in [0.05, 0.1) is 5.56 Å². The van der Waals surface area contributed by atoms with Crippen LogP contribution in [-0.4, -0.2) is 21.8 Å². The Bertz CT molecular complexity index is 462. The number of pyridine rings is 1. The molecule has 1 heterocycles. The number of hydrazine groups is 1. The van der Waals surface area contributed by atoms with E-state index < -0.39 is 11.8 Å². The number of nitrogens with zero attached hydrogens (tertiary/aromatic N) is 2. The van der Waals surface area contributed by atoms with E-state index in [1.807, 2.05) is 0 Å². The Kier molecular flexibility index (Phi) is 4.19. The molecular weight excluding hydrogens is 288 g/mol. The summed E-state index contributed by atoms with van der Waals surface area (Å²) in [5.74, 6) is 3.96. The van der Waals surface area contributed by atoms with Crippen LogP contribution in [0.1, 0.15) is 24.2 Å². The van der Waals surface area contributed by atoms with Crippen molar-refractivity contribution in [3.63, 3.8) is 0 Å². The highest BCUT2D eigenvalue weighted by molar-refractivity contribution is 9.10. The highest BCUT2D eigenvalue weighted by Crippen LogP contribution is 2.17. The van der Waals surface area contributed by atoms with Gasteiger partial charge in [0.1, 0.15) is 5.82 Å². The summed E-state index contributed by atoms with van der Waals surface area (Å²) >= 11 is 3.17. The summed E-state index contributed by atoms with van der Waals surface area (Å²) in [5, 5.41) is 0.560. The van der Waals surface area contributed by atoms with Crippen LogP contribution in [0.3, 0.4) is 0 Å². The molecule has 1 aromatic heterocycles. The number of hydrogen-bond acceptors (Lipinski definition) is 5. The minimum Gasteiger partial charge on any atom is -0.383 e. The second-order valence-corrected chi connectivity index (χ2v) is 4.67. The molecule has 0 saturated carbocycles. The number of hydrogen-bond donors (Lipinski definition) is 2. The van der Waals surface area contributed by atoms with E-state index in [4.69, 9.17) is 11.6 Å². The van der Waals surface area contributed by atoms with Crippen LogP contribution < -0.4 is 11.6 Å². The Morgan fingerprint density at radius 2 is 2.06 bits per heavy atom. The second kappa shape index (κ2) is 5.24. The Hall–Kier alpha value is -1.47. The van der Waals surface area contributed by atoms with Crippen molar-refractivity contribution in [1.29, 1.82) is 0 Å². The molecule has 17 heavy (non-hydrogen) atoms. The van der Waals surface area contributed by atoms with E-state index in [1.54, 1.807) is 13.8 Å². The fraction of sp³-hybridized carbons (Fsp3) is 0.300. The summed E-state index contributed by atoms with van der Waals surface area (Å²) in [7, 11) is 0. The molecule has 1 aromatic rings. The number of carbonyl (C=O) groups excluding carboxylic acids is 2. The standard InChI is InChI=1S/C10H13BrN4O2/c1-5(2)9(16)15(13)10(17)7-3-6(11)4-14-8(7)12/h3-5H,13H2,1-2H3,(H2,12,14). The largest absolute Gasteiger partial charge is 0.383 e. The van der Waals surface area contributed by atoms with Crippen LogP contribution in [0.2, 0.25) is 0 Å². The quantitative estimate of drug-likeness (QED) is 0.480. The number of nitrogens with two attached hydrogens (primary N) is 2. The first-order valence-corrected chi connectivity index (χ1v) is 5.68. The first-order chi connectivity index (χ1) is 7.84. The van der Waals surface area contributed by atoms with Gasteiger partial charge in [0.25, 0.3) is 5.91 Å². The number of nitrogen functional groups attached to an aromatic ring is 1. The molecule has 0 radical (unpaired) electrons. The lowest BCUT2D eigenvalue weighted by atomic mass is 10.2. The van der Waals surface area contributed by atoms with Gasteiger partial charge in [-0.25, -0.2) is 15.8 Å². The molecule has 1 rings (SSSR count). The van der Waals surface area contributed by atoms with E-state index in [-0.39, 0.29) is 17.3 Å². The number of imide groups is 1. The number of amides is 2. The first kappa shape index (κ1) is 13.6. The van der Waals surface area contributed by atoms with E-state index in [0.717, 1.165) is 0 Å². The van der Waals surface area contributed by atoms with Crippen LogP contribution in [0.25, 0.3) is 0 Å². The summed E-state index contributed by atoms with van der Waals surface area (Å²) in [6.45, 7) is 3.30. The van der Waals surface area contributed by atoms with Crippen molar-refractivity contribution in [1.82, 2.24) is 9.99 Å². The maximum absolute atomic E-state index is 11.9. The fourth-order valence-corrected chi connectivity index (χ4v) is 1.46. The molecule has 7 heteroatoms. The van der Waals surface area contributed by atoms with Crippen LogP contribution in [0.4, 0.5) is 5.82 Å². The Morgan fingerprint density at radius 1 is 1.47 bits per heavy atom. The average Bonchev–Trinajstić information content (AvgIpc) is 2.29. The zero-order valence-corrected chi connectivity index (χ0v) is 11.1.